The lowest BCUT2D eigenvalue weighted by atomic mass is 9.52. The second-order valence-corrected chi connectivity index (χ2v) is 11.0. The van der Waals surface area contributed by atoms with Crippen LogP contribution in [0.4, 0.5) is 0 Å². The zero-order chi connectivity index (χ0) is 23.4. The molecule has 1 aliphatic heterocycles. The first-order valence-corrected chi connectivity index (χ1v) is 12.8. The second kappa shape index (κ2) is 8.07. The fourth-order valence-corrected chi connectivity index (χ4v) is 7.92. The van der Waals surface area contributed by atoms with Gasteiger partial charge in [0.2, 0.25) is 5.91 Å². The smallest absolute Gasteiger partial charge is 0.262 e. The Morgan fingerprint density at radius 1 is 0.882 bits per heavy atom. The van der Waals surface area contributed by atoms with Crippen molar-refractivity contribution in [2.24, 2.45) is 17.8 Å². The quantitative estimate of drug-likeness (QED) is 0.592. The van der Waals surface area contributed by atoms with Crippen LogP contribution in [-0.4, -0.2) is 45.6 Å². The van der Waals surface area contributed by atoms with Crippen LogP contribution in [0.3, 0.4) is 0 Å². The lowest BCUT2D eigenvalue weighted by Gasteiger charge is -2.60. The van der Waals surface area contributed by atoms with Crippen LogP contribution in [0.25, 0.3) is 0 Å². The molecule has 7 rings (SSSR count). The van der Waals surface area contributed by atoms with Gasteiger partial charge in [-0.2, -0.15) is 0 Å². The van der Waals surface area contributed by atoms with Gasteiger partial charge in [-0.25, -0.2) is 0 Å². The number of amides is 3. The van der Waals surface area contributed by atoms with Crippen LogP contribution in [0.2, 0.25) is 0 Å². The predicted octanol–water partition coefficient (Wildman–Crippen LogP) is 4.71. The SMILES string of the molecule is CCN(C(=O)C(Cc1ccccc1)N1C(=O)c2ccccc2C1=O)C12CC3CC(CC(C3)C1)C2. The first kappa shape index (κ1) is 21.6. The third-order valence-corrected chi connectivity index (χ3v) is 8.85. The number of fused-ring (bicyclic) bond motifs is 1. The highest BCUT2D eigenvalue weighted by molar-refractivity contribution is 6.22. The highest BCUT2D eigenvalue weighted by atomic mass is 16.2. The average molecular weight is 457 g/mol. The van der Waals surface area contributed by atoms with Crippen molar-refractivity contribution in [2.75, 3.05) is 6.54 Å². The molecule has 1 heterocycles. The van der Waals surface area contributed by atoms with E-state index in [1.54, 1.807) is 24.3 Å². The number of carbonyl (C=O) groups is 3. The summed E-state index contributed by atoms with van der Waals surface area (Å²) in [5.74, 6) is 1.36. The van der Waals surface area contributed by atoms with E-state index >= 15 is 0 Å². The Labute approximate surface area is 201 Å². The molecule has 4 bridgehead atoms. The van der Waals surface area contributed by atoms with Crippen molar-refractivity contribution in [3.8, 4) is 0 Å². The molecule has 34 heavy (non-hydrogen) atoms. The van der Waals surface area contributed by atoms with E-state index in [0.29, 0.717) is 41.8 Å². The van der Waals surface area contributed by atoms with Crippen LogP contribution < -0.4 is 0 Å². The van der Waals surface area contributed by atoms with E-state index < -0.39 is 6.04 Å². The van der Waals surface area contributed by atoms with Gasteiger partial charge in [0.25, 0.3) is 11.8 Å². The van der Waals surface area contributed by atoms with Gasteiger partial charge >= 0.3 is 0 Å². The molecule has 1 unspecified atom stereocenters. The van der Waals surface area contributed by atoms with Gasteiger partial charge in [0, 0.05) is 18.5 Å². The number of nitrogens with zero attached hydrogens (tertiary/aromatic N) is 2. The summed E-state index contributed by atoms with van der Waals surface area (Å²) in [7, 11) is 0. The first-order chi connectivity index (χ1) is 16.5. The Morgan fingerprint density at radius 3 is 1.88 bits per heavy atom. The van der Waals surface area contributed by atoms with Crippen LogP contribution in [0.5, 0.6) is 0 Å². The first-order valence-electron chi connectivity index (χ1n) is 12.8. The summed E-state index contributed by atoms with van der Waals surface area (Å²) in [5, 5.41) is 0. The van der Waals surface area contributed by atoms with Gasteiger partial charge < -0.3 is 4.90 Å². The lowest BCUT2D eigenvalue weighted by molar-refractivity contribution is -0.154. The normalized spacial score (nSPS) is 29.9. The van der Waals surface area contributed by atoms with Gasteiger partial charge in [0.05, 0.1) is 11.1 Å². The summed E-state index contributed by atoms with van der Waals surface area (Å²) < 4.78 is 0. The fraction of sp³-hybridized carbons (Fsp3) is 0.483. The lowest BCUT2D eigenvalue weighted by Crippen LogP contribution is -2.64. The number of imide groups is 1. The van der Waals surface area contributed by atoms with E-state index in [-0.39, 0.29) is 23.3 Å². The topological polar surface area (TPSA) is 57.7 Å². The molecule has 2 aromatic rings. The maximum Gasteiger partial charge on any atom is 0.262 e. The molecule has 5 heteroatoms. The molecule has 0 saturated heterocycles. The zero-order valence-corrected chi connectivity index (χ0v) is 19.8. The molecule has 3 amide bonds. The van der Waals surface area contributed by atoms with Crippen molar-refractivity contribution in [1.82, 2.24) is 9.80 Å². The molecule has 4 saturated carbocycles. The molecule has 5 aliphatic rings. The Hall–Kier alpha value is -2.95. The predicted molar refractivity (Wildman–Crippen MR) is 129 cm³/mol. The summed E-state index contributed by atoms with van der Waals surface area (Å²) in [6, 6.07) is 15.9. The maximum atomic E-state index is 14.4. The van der Waals surface area contributed by atoms with Gasteiger partial charge in [0.1, 0.15) is 6.04 Å². The molecule has 4 aliphatic carbocycles. The summed E-state index contributed by atoms with van der Waals surface area (Å²) in [6.07, 6.45) is 7.45. The highest BCUT2D eigenvalue weighted by Crippen LogP contribution is 2.58. The van der Waals surface area contributed by atoms with Crippen molar-refractivity contribution >= 4 is 17.7 Å². The minimum absolute atomic E-state index is 0.0668. The van der Waals surface area contributed by atoms with Crippen LogP contribution in [0.15, 0.2) is 54.6 Å². The minimum Gasteiger partial charge on any atom is -0.335 e. The summed E-state index contributed by atoms with van der Waals surface area (Å²) in [4.78, 5) is 44.6. The van der Waals surface area contributed by atoms with Crippen LogP contribution in [-0.2, 0) is 11.2 Å². The van der Waals surface area contributed by atoms with E-state index in [2.05, 4.69) is 11.8 Å². The molecule has 176 valence electrons. The van der Waals surface area contributed by atoms with Crippen LogP contribution in [0.1, 0.15) is 71.7 Å². The van der Waals surface area contributed by atoms with Gasteiger partial charge in [0.15, 0.2) is 0 Å². The number of likely N-dealkylation sites (N-methyl/N-ethyl adjacent to an activating group) is 1. The van der Waals surface area contributed by atoms with E-state index in [1.807, 2.05) is 30.3 Å². The standard InChI is InChI=1S/C29H32N2O3/c1-2-30(29-16-20-12-21(17-29)14-22(13-20)18-29)28(34)25(15-19-8-4-3-5-9-19)31-26(32)23-10-6-7-11-24(23)27(31)33/h3-11,20-22,25H,2,12-18H2,1H3. The molecule has 4 fully saturated rings. The van der Waals surface area contributed by atoms with Crippen LogP contribution in [0, 0.1) is 17.8 Å². The van der Waals surface area contributed by atoms with Gasteiger partial charge in [-0.05, 0) is 80.9 Å². The zero-order valence-electron chi connectivity index (χ0n) is 19.8. The molecule has 0 aromatic heterocycles. The third kappa shape index (κ3) is 3.31. The van der Waals surface area contributed by atoms with Crippen molar-refractivity contribution in [3.63, 3.8) is 0 Å². The Balaban J connectivity index is 1.38. The summed E-state index contributed by atoms with van der Waals surface area (Å²) in [6.45, 7) is 2.66. The van der Waals surface area contributed by atoms with Crippen LogP contribution >= 0.6 is 0 Å². The van der Waals surface area contributed by atoms with E-state index in [9.17, 15) is 14.4 Å². The summed E-state index contributed by atoms with van der Waals surface area (Å²) in [5.41, 5.74) is 1.64. The highest BCUT2D eigenvalue weighted by Gasteiger charge is 2.56. The fourth-order valence-electron chi connectivity index (χ4n) is 7.92. The maximum absolute atomic E-state index is 14.4. The molecular formula is C29H32N2O3. The van der Waals surface area contributed by atoms with Crippen molar-refractivity contribution < 1.29 is 14.4 Å². The van der Waals surface area contributed by atoms with Gasteiger partial charge in [-0.1, -0.05) is 42.5 Å². The van der Waals surface area contributed by atoms with Crippen molar-refractivity contribution in [1.29, 1.82) is 0 Å². The monoisotopic (exact) mass is 456 g/mol. The third-order valence-electron chi connectivity index (χ3n) is 8.85. The molecule has 5 nitrogen and oxygen atoms in total. The van der Waals surface area contributed by atoms with Crippen molar-refractivity contribution in [3.05, 3.63) is 71.3 Å². The second-order valence-electron chi connectivity index (χ2n) is 11.0. The van der Waals surface area contributed by atoms with Gasteiger partial charge in [-0.3, -0.25) is 19.3 Å². The molecule has 2 aromatic carbocycles. The largest absolute Gasteiger partial charge is 0.335 e. The summed E-state index contributed by atoms with van der Waals surface area (Å²) >= 11 is 0. The van der Waals surface area contributed by atoms with E-state index in [0.717, 1.165) is 24.8 Å². The molecule has 1 atom stereocenters. The Bertz CT molecular complexity index is 1070. The molecule has 0 radical (unpaired) electrons. The number of benzene rings is 2. The van der Waals surface area contributed by atoms with E-state index in [1.165, 1.54) is 24.2 Å². The number of carbonyl (C=O) groups excluding carboxylic acids is 3. The molecule has 0 spiro atoms. The Kier molecular flexibility index (Phi) is 5.12. The molecular weight excluding hydrogens is 424 g/mol. The number of rotatable bonds is 6. The minimum atomic E-state index is -0.831. The average Bonchev–Trinajstić information content (AvgIpc) is 3.07. The Morgan fingerprint density at radius 2 is 1.38 bits per heavy atom. The van der Waals surface area contributed by atoms with Gasteiger partial charge in [-0.15, -0.1) is 0 Å². The van der Waals surface area contributed by atoms with E-state index in [4.69, 9.17) is 0 Å². The van der Waals surface area contributed by atoms with Crippen molar-refractivity contribution in [2.45, 2.75) is 63.5 Å². The number of hydrogen-bond acceptors (Lipinski definition) is 3. The number of hydrogen-bond donors (Lipinski definition) is 0. The molecule has 0 N–H and O–H groups in total.